The molecule has 1 unspecified atom stereocenters. The maximum atomic E-state index is 12.9. The van der Waals surface area contributed by atoms with Crippen LogP contribution in [0.5, 0.6) is 5.75 Å². The van der Waals surface area contributed by atoms with Gasteiger partial charge in [0.1, 0.15) is 11.8 Å². The summed E-state index contributed by atoms with van der Waals surface area (Å²) in [6.07, 6.45) is 0. The summed E-state index contributed by atoms with van der Waals surface area (Å²) < 4.78 is 15.7. The van der Waals surface area contributed by atoms with E-state index in [0.29, 0.717) is 23.5 Å². The Morgan fingerprint density at radius 1 is 0.897 bits per heavy atom. The second-order valence-corrected chi connectivity index (χ2v) is 9.75. The summed E-state index contributed by atoms with van der Waals surface area (Å²) in [4.78, 5) is 30.0. The Balaban J connectivity index is 1.60. The van der Waals surface area contributed by atoms with Crippen LogP contribution in [0.3, 0.4) is 0 Å². The van der Waals surface area contributed by atoms with E-state index >= 15 is 0 Å². The molecule has 39 heavy (non-hydrogen) atoms. The van der Waals surface area contributed by atoms with Crippen LogP contribution in [0.2, 0.25) is 0 Å². The molecular weight excluding hydrogens is 512 g/mol. The Bertz CT molecular complexity index is 1380. The first-order valence-corrected chi connectivity index (χ1v) is 13.8. The minimum absolute atomic E-state index is 0.279. The number of methoxy groups -OCH3 is 1. The smallest absolute Gasteiger partial charge is 0.338 e. The van der Waals surface area contributed by atoms with Crippen LogP contribution in [-0.2, 0) is 20.0 Å². The van der Waals surface area contributed by atoms with Crippen molar-refractivity contribution in [2.24, 2.45) is 4.99 Å². The largest absolute Gasteiger partial charge is 0.497 e. The van der Waals surface area contributed by atoms with Crippen LogP contribution in [0.1, 0.15) is 48.3 Å². The van der Waals surface area contributed by atoms with Crippen LogP contribution in [-0.4, -0.2) is 37.4 Å². The summed E-state index contributed by atoms with van der Waals surface area (Å²) in [6, 6.07) is 22.6. The van der Waals surface area contributed by atoms with Crippen molar-refractivity contribution in [3.8, 4) is 16.9 Å². The molecule has 3 aromatic rings. The van der Waals surface area contributed by atoms with E-state index in [1.54, 1.807) is 38.8 Å². The molecule has 3 aromatic carbocycles. The number of hydrogen-bond acceptors (Lipinski definition) is 8. The van der Waals surface area contributed by atoms with Crippen molar-refractivity contribution in [3.63, 3.8) is 0 Å². The summed E-state index contributed by atoms with van der Waals surface area (Å²) in [5.74, 6) is 0.784. The molecule has 4 rings (SSSR count). The topological polar surface area (TPSA) is 86.2 Å². The minimum Gasteiger partial charge on any atom is -0.497 e. The van der Waals surface area contributed by atoms with Gasteiger partial charge in [-0.15, -0.1) is 0 Å². The van der Waals surface area contributed by atoms with Crippen molar-refractivity contribution in [1.29, 1.82) is 0 Å². The van der Waals surface area contributed by atoms with E-state index in [1.165, 1.54) is 0 Å². The molecule has 1 atom stereocenters. The van der Waals surface area contributed by atoms with Crippen LogP contribution in [0, 0.1) is 0 Å². The first-order valence-electron chi connectivity index (χ1n) is 12.8. The molecule has 1 N–H and O–H groups in total. The number of amidine groups is 1. The third-order valence-corrected chi connectivity index (χ3v) is 7.14. The molecule has 0 radical (unpaired) electrons. The number of nitrogens with zero attached hydrogens (tertiary/aromatic N) is 1. The molecule has 1 aliphatic heterocycles. The van der Waals surface area contributed by atoms with Gasteiger partial charge in [0.15, 0.2) is 5.17 Å². The molecule has 0 aliphatic carbocycles. The highest BCUT2D eigenvalue weighted by molar-refractivity contribution is 8.13. The van der Waals surface area contributed by atoms with Crippen molar-refractivity contribution >= 4 is 28.9 Å². The van der Waals surface area contributed by atoms with E-state index in [2.05, 4.69) is 5.32 Å². The van der Waals surface area contributed by atoms with Crippen molar-refractivity contribution in [2.45, 2.75) is 32.6 Å². The molecule has 0 amide bonds. The van der Waals surface area contributed by atoms with Gasteiger partial charge in [0.2, 0.25) is 0 Å². The van der Waals surface area contributed by atoms with Gasteiger partial charge in [-0.05, 0) is 67.3 Å². The van der Waals surface area contributed by atoms with Gasteiger partial charge in [-0.1, -0.05) is 60.3 Å². The number of thioether (sulfide) groups is 1. The van der Waals surface area contributed by atoms with Gasteiger partial charge in [-0.2, -0.15) is 0 Å². The second-order valence-electron chi connectivity index (χ2n) is 8.78. The fourth-order valence-electron chi connectivity index (χ4n) is 4.21. The Morgan fingerprint density at radius 3 is 2.26 bits per heavy atom. The summed E-state index contributed by atoms with van der Waals surface area (Å²) in [5.41, 5.74) is 5.55. The van der Waals surface area contributed by atoms with E-state index in [1.807, 2.05) is 73.7 Å². The highest BCUT2D eigenvalue weighted by Crippen LogP contribution is 2.35. The zero-order valence-corrected chi connectivity index (χ0v) is 23.3. The molecule has 0 aromatic heterocycles. The van der Waals surface area contributed by atoms with Gasteiger partial charge in [0.05, 0.1) is 31.5 Å². The minimum atomic E-state index is -0.511. The predicted octanol–water partition coefficient (Wildman–Crippen LogP) is 6.31. The maximum absolute atomic E-state index is 12.9. The van der Waals surface area contributed by atoms with Crippen LogP contribution in [0.4, 0.5) is 0 Å². The predicted molar refractivity (Wildman–Crippen MR) is 155 cm³/mol. The number of benzene rings is 3. The van der Waals surface area contributed by atoms with Crippen molar-refractivity contribution in [1.82, 2.24) is 5.32 Å². The van der Waals surface area contributed by atoms with E-state index < -0.39 is 6.04 Å². The quantitative estimate of drug-likeness (QED) is 0.316. The lowest BCUT2D eigenvalue weighted by molar-refractivity contribution is -0.138. The third-order valence-electron chi connectivity index (χ3n) is 6.18. The zero-order valence-electron chi connectivity index (χ0n) is 22.5. The lowest BCUT2D eigenvalue weighted by atomic mass is 9.94. The van der Waals surface area contributed by atoms with E-state index in [0.717, 1.165) is 38.9 Å². The highest BCUT2D eigenvalue weighted by Gasteiger charge is 2.30. The fourth-order valence-corrected chi connectivity index (χ4v) is 5.11. The Hall–Kier alpha value is -4.04. The number of carbonyl (C=O) groups excluding carboxylic acids is 2. The number of hydrogen-bond donors (Lipinski definition) is 1. The van der Waals surface area contributed by atoms with Gasteiger partial charge < -0.3 is 19.5 Å². The van der Waals surface area contributed by atoms with Crippen molar-refractivity contribution < 1.29 is 23.8 Å². The summed E-state index contributed by atoms with van der Waals surface area (Å²) in [7, 11) is 1.65. The lowest BCUT2D eigenvalue weighted by Gasteiger charge is -2.26. The normalized spacial score (nSPS) is 14.8. The van der Waals surface area contributed by atoms with Gasteiger partial charge >= 0.3 is 11.9 Å². The maximum Gasteiger partial charge on any atom is 0.338 e. The molecule has 8 heteroatoms. The number of carbonyl (C=O) groups is 2. The molecule has 0 saturated carbocycles. The number of rotatable bonds is 9. The average Bonchev–Trinajstić information content (AvgIpc) is 2.96. The molecule has 0 saturated heterocycles. The molecule has 1 heterocycles. The van der Waals surface area contributed by atoms with Crippen molar-refractivity contribution in [2.75, 3.05) is 20.3 Å². The fraction of sp³-hybridized carbons (Fsp3) is 0.258. The zero-order chi connectivity index (χ0) is 27.8. The summed E-state index contributed by atoms with van der Waals surface area (Å²) in [6.45, 7) is 6.05. The van der Waals surface area contributed by atoms with Crippen LogP contribution in [0.25, 0.3) is 11.1 Å². The molecule has 0 fully saturated rings. The molecular formula is C31H32N2O5S. The Morgan fingerprint density at radius 2 is 1.59 bits per heavy atom. The molecule has 7 nitrogen and oxygen atoms in total. The standard InChI is InChI=1S/C31H32N2O5S/c1-5-37-29(34)25-9-7-8-24(18-25)22-12-14-23(15-13-22)28-27(30(35)38-6-2)20(3)32-31(33-28)39-19-21-10-16-26(36-4)17-11-21/h7-18,28H,5-6,19H2,1-4H3,(H,32,33). The van der Waals surface area contributed by atoms with Gasteiger partial charge in [-0.25, -0.2) is 14.6 Å². The van der Waals surface area contributed by atoms with Crippen molar-refractivity contribution in [3.05, 3.63) is 101 Å². The average molecular weight is 545 g/mol. The Labute approximate surface area is 233 Å². The molecule has 0 bridgehead atoms. The van der Waals surface area contributed by atoms with E-state index in [-0.39, 0.29) is 18.5 Å². The molecule has 202 valence electrons. The molecule has 0 spiro atoms. The van der Waals surface area contributed by atoms with Gasteiger partial charge in [0, 0.05) is 11.4 Å². The molecule has 1 aliphatic rings. The number of esters is 2. The summed E-state index contributed by atoms with van der Waals surface area (Å²) >= 11 is 1.57. The first-order chi connectivity index (χ1) is 18.9. The second kappa shape index (κ2) is 13.2. The lowest BCUT2D eigenvalue weighted by Crippen LogP contribution is -2.30. The van der Waals surface area contributed by atoms with E-state index in [9.17, 15) is 9.59 Å². The van der Waals surface area contributed by atoms with Crippen LogP contribution < -0.4 is 10.1 Å². The van der Waals surface area contributed by atoms with Crippen LogP contribution >= 0.6 is 11.8 Å². The SMILES string of the molecule is CCOC(=O)C1=C(C)NC(SCc2ccc(OC)cc2)=NC1c1ccc(-c2cccc(C(=O)OCC)c2)cc1. The van der Waals surface area contributed by atoms with Gasteiger partial charge in [0.25, 0.3) is 0 Å². The van der Waals surface area contributed by atoms with Gasteiger partial charge in [-0.3, -0.25) is 0 Å². The number of ether oxygens (including phenoxy) is 3. The summed E-state index contributed by atoms with van der Waals surface area (Å²) in [5, 5.41) is 4.02. The number of allylic oxidation sites excluding steroid dienone is 1. The monoisotopic (exact) mass is 544 g/mol. The highest BCUT2D eigenvalue weighted by atomic mass is 32.2. The Kier molecular flexibility index (Phi) is 9.44. The van der Waals surface area contributed by atoms with E-state index in [4.69, 9.17) is 19.2 Å². The third kappa shape index (κ3) is 6.89. The first kappa shape index (κ1) is 28.0. The number of nitrogens with one attached hydrogen (secondary N) is 1. The van der Waals surface area contributed by atoms with Crippen LogP contribution in [0.15, 0.2) is 89.1 Å². The number of aliphatic imine (C=N–C) groups is 1.